The minimum absolute atomic E-state index is 0.0587. The second kappa shape index (κ2) is 18.2. The summed E-state index contributed by atoms with van der Waals surface area (Å²) in [5.74, 6) is 0.499. The van der Waals surface area contributed by atoms with Gasteiger partial charge in [-0.2, -0.15) is 0 Å². The Morgan fingerprint density at radius 3 is 2.08 bits per heavy atom. The lowest BCUT2D eigenvalue weighted by molar-refractivity contribution is 0.0656. The van der Waals surface area contributed by atoms with Gasteiger partial charge in [-0.3, -0.25) is 0 Å². The van der Waals surface area contributed by atoms with Gasteiger partial charge in [0.05, 0.1) is 19.8 Å². The average Bonchev–Trinajstić information content (AvgIpc) is 2.86. The van der Waals surface area contributed by atoms with Crippen molar-refractivity contribution in [1.82, 2.24) is 16.0 Å². The van der Waals surface area contributed by atoms with Crippen LogP contribution < -0.4 is 16.0 Å². The molecule has 228 valence electrons. The van der Waals surface area contributed by atoms with Gasteiger partial charge in [-0.25, -0.2) is 18.8 Å². The maximum Gasteiger partial charge on any atom is 0.412 e. The predicted molar refractivity (Wildman–Crippen MR) is 151 cm³/mol. The van der Waals surface area contributed by atoms with Gasteiger partial charge in [-0.1, -0.05) is 53.2 Å². The lowest BCUT2D eigenvalue weighted by atomic mass is 9.62. The van der Waals surface area contributed by atoms with E-state index in [2.05, 4.69) is 54.6 Å². The first kappa shape index (κ1) is 34.8. The summed E-state index contributed by atoms with van der Waals surface area (Å²) < 4.78 is 32.5. The van der Waals surface area contributed by atoms with Crippen molar-refractivity contribution in [2.75, 3.05) is 32.9 Å². The molecule has 11 heteroatoms. The van der Waals surface area contributed by atoms with E-state index < -0.39 is 18.3 Å². The monoisotopic (exact) mass is 569 g/mol. The number of rotatable bonds is 17. The molecule has 1 saturated carbocycles. The van der Waals surface area contributed by atoms with Crippen LogP contribution in [0.2, 0.25) is 0 Å². The first-order valence-corrected chi connectivity index (χ1v) is 13.9. The van der Waals surface area contributed by atoms with Crippen LogP contribution >= 0.6 is 0 Å². The van der Waals surface area contributed by atoms with Crippen LogP contribution in [0.1, 0.15) is 79.1 Å². The quantitative estimate of drug-likeness (QED) is 0.0819. The molecule has 0 aromatic heterocycles. The summed E-state index contributed by atoms with van der Waals surface area (Å²) in [6.45, 7) is 17.2. The van der Waals surface area contributed by atoms with Crippen molar-refractivity contribution < 1.29 is 37.7 Å². The van der Waals surface area contributed by atoms with Crippen molar-refractivity contribution in [3.63, 3.8) is 0 Å². The van der Waals surface area contributed by atoms with Gasteiger partial charge in [0.25, 0.3) is 0 Å². The van der Waals surface area contributed by atoms with E-state index in [0.29, 0.717) is 51.4 Å². The van der Waals surface area contributed by atoms with Crippen molar-refractivity contribution in [3.05, 3.63) is 37.1 Å². The third kappa shape index (κ3) is 16.0. The second-order valence-corrected chi connectivity index (χ2v) is 11.4. The molecule has 0 saturated heterocycles. The van der Waals surface area contributed by atoms with E-state index in [1.807, 2.05) is 0 Å². The third-order valence-corrected chi connectivity index (χ3v) is 6.53. The van der Waals surface area contributed by atoms with Crippen LogP contribution in [0, 0.1) is 10.8 Å². The number of unbranched alkanes of at least 4 members (excludes halogenated alkanes) is 4. The Morgan fingerprint density at radius 1 is 0.875 bits per heavy atom. The first-order chi connectivity index (χ1) is 18.9. The van der Waals surface area contributed by atoms with Crippen LogP contribution in [0.15, 0.2) is 37.1 Å². The molecule has 1 aliphatic rings. The topological polar surface area (TPSA) is 124 Å². The Morgan fingerprint density at radius 2 is 1.48 bits per heavy atom. The molecule has 2 unspecified atom stereocenters. The van der Waals surface area contributed by atoms with Crippen molar-refractivity contribution in [2.24, 2.45) is 10.8 Å². The molecule has 1 aliphatic carbocycles. The maximum atomic E-state index is 12.2. The molecule has 0 spiro atoms. The Bertz CT molecular complexity index is 878. The number of allylic oxidation sites excluding steroid dienone is 1. The number of carbonyl (C=O) groups is 3. The molecule has 0 aliphatic heterocycles. The number of amides is 3. The lowest BCUT2D eigenvalue weighted by Crippen LogP contribution is -2.50. The third-order valence-electron chi connectivity index (χ3n) is 6.53. The standard InChI is InChI=1S/C29H48FN3O7/c1-22(2)23(3)37-17-13-31-25(34)38-14-10-8-7-9-11-15-39-26(35)32-21-29(6)19-24(18-28(4,5)20-29)33-27(36)40-16-12-30/h12,16,24H,1,3,7-11,13-15,17-21H2,2,4-6H3,(H,31,34)(H,32,35)(H,33,36)/b16-12+. The zero-order valence-electron chi connectivity index (χ0n) is 24.6. The van der Waals surface area contributed by atoms with Crippen LogP contribution in [-0.2, 0) is 18.9 Å². The van der Waals surface area contributed by atoms with E-state index in [1.165, 1.54) is 0 Å². The lowest BCUT2D eigenvalue weighted by Gasteiger charge is -2.46. The SMILES string of the molecule is C=C(C)C(=C)OCCNC(=O)OCCCCCCCOC(=O)NCC1(C)CC(NC(=O)O/C=C/F)CC(C)(C)C1. The molecule has 40 heavy (non-hydrogen) atoms. The molecule has 0 aromatic carbocycles. The maximum absolute atomic E-state index is 12.2. The fourth-order valence-corrected chi connectivity index (χ4v) is 5.06. The Labute approximate surface area is 238 Å². The van der Waals surface area contributed by atoms with Crippen molar-refractivity contribution in [3.8, 4) is 0 Å². The normalized spacial score (nSPS) is 19.8. The van der Waals surface area contributed by atoms with Crippen LogP contribution in [-0.4, -0.2) is 57.2 Å². The van der Waals surface area contributed by atoms with E-state index in [1.54, 1.807) is 6.92 Å². The molecule has 0 heterocycles. The summed E-state index contributed by atoms with van der Waals surface area (Å²) in [6.07, 6.45) is 5.73. The van der Waals surface area contributed by atoms with Crippen molar-refractivity contribution >= 4 is 18.3 Å². The summed E-state index contributed by atoms with van der Waals surface area (Å²) in [7, 11) is 0. The minimum Gasteiger partial charge on any atom is -0.492 e. The van der Waals surface area contributed by atoms with E-state index in [-0.39, 0.29) is 23.2 Å². The number of carbonyl (C=O) groups excluding carboxylic acids is 3. The highest BCUT2D eigenvalue weighted by Gasteiger charge is 2.42. The molecule has 0 radical (unpaired) electrons. The van der Waals surface area contributed by atoms with Gasteiger partial charge >= 0.3 is 18.3 Å². The number of nitrogens with one attached hydrogen (secondary N) is 3. The highest BCUT2D eigenvalue weighted by molar-refractivity contribution is 5.68. The highest BCUT2D eigenvalue weighted by Crippen LogP contribution is 2.45. The van der Waals surface area contributed by atoms with E-state index in [4.69, 9.17) is 14.2 Å². The molecule has 3 N–H and O–H groups in total. The predicted octanol–water partition coefficient (Wildman–Crippen LogP) is 6.25. The summed E-state index contributed by atoms with van der Waals surface area (Å²) in [6, 6.07) is -0.154. The van der Waals surface area contributed by atoms with E-state index in [9.17, 15) is 18.8 Å². The largest absolute Gasteiger partial charge is 0.492 e. The zero-order chi connectivity index (χ0) is 30.0. The van der Waals surface area contributed by atoms with E-state index >= 15 is 0 Å². The summed E-state index contributed by atoms with van der Waals surface area (Å²) in [5, 5.41) is 8.25. The van der Waals surface area contributed by atoms with Crippen LogP contribution in [0.4, 0.5) is 18.8 Å². The van der Waals surface area contributed by atoms with Gasteiger partial charge in [0, 0.05) is 12.6 Å². The second-order valence-electron chi connectivity index (χ2n) is 11.4. The number of ether oxygens (including phenoxy) is 4. The first-order valence-electron chi connectivity index (χ1n) is 13.9. The van der Waals surface area contributed by atoms with Crippen molar-refractivity contribution in [1.29, 1.82) is 0 Å². The Hall–Kier alpha value is -3.24. The summed E-state index contributed by atoms with van der Waals surface area (Å²) in [4.78, 5) is 35.7. The Balaban J connectivity index is 2.13. The highest BCUT2D eigenvalue weighted by atomic mass is 19.1. The fourth-order valence-electron chi connectivity index (χ4n) is 5.06. The van der Waals surface area contributed by atoms with Crippen molar-refractivity contribution in [2.45, 2.75) is 85.1 Å². The van der Waals surface area contributed by atoms with Gasteiger partial charge in [0.1, 0.15) is 25.0 Å². The smallest absolute Gasteiger partial charge is 0.412 e. The molecule has 3 amide bonds. The summed E-state index contributed by atoms with van der Waals surface area (Å²) >= 11 is 0. The molecular formula is C29H48FN3O7. The Kier molecular flexibility index (Phi) is 15.8. The number of hydrogen-bond acceptors (Lipinski definition) is 7. The van der Waals surface area contributed by atoms with Crippen LogP contribution in [0.5, 0.6) is 0 Å². The molecule has 0 bridgehead atoms. The van der Waals surface area contributed by atoms with Gasteiger partial charge in [0.2, 0.25) is 0 Å². The van der Waals surface area contributed by atoms with Gasteiger partial charge in [0.15, 0.2) is 0 Å². The average molecular weight is 570 g/mol. The molecule has 10 nitrogen and oxygen atoms in total. The number of hydrogen-bond donors (Lipinski definition) is 3. The zero-order valence-corrected chi connectivity index (χ0v) is 24.6. The number of halogens is 1. The molecule has 2 atom stereocenters. The van der Waals surface area contributed by atoms with Crippen LogP contribution in [0.25, 0.3) is 0 Å². The molecule has 1 fully saturated rings. The minimum atomic E-state index is -0.701. The molecular weight excluding hydrogens is 521 g/mol. The van der Waals surface area contributed by atoms with Gasteiger partial charge in [-0.05, 0) is 55.4 Å². The molecule has 0 aromatic rings. The summed E-state index contributed by atoms with van der Waals surface area (Å²) in [5.41, 5.74) is 0.435. The molecule has 1 rings (SSSR count). The van der Waals surface area contributed by atoms with E-state index in [0.717, 1.165) is 50.5 Å². The van der Waals surface area contributed by atoms with Gasteiger partial charge < -0.3 is 34.9 Å². The fraction of sp³-hybridized carbons (Fsp3) is 0.690. The number of alkyl carbamates (subject to hydrolysis) is 3. The van der Waals surface area contributed by atoms with Gasteiger partial charge in [-0.15, -0.1) is 0 Å². The van der Waals surface area contributed by atoms with Crippen LogP contribution in [0.3, 0.4) is 0 Å².